The summed E-state index contributed by atoms with van der Waals surface area (Å²) < 4.78 is 2.66. The van der Waals surface area contributed by atoms with Gasteiger partial charge in [0.05, 0.1) is 5.69 Å². The Morgan fingerprint density at radius 3 is 2.42 bits per heavy atom. The van der Waals surface area contributed by atoms with Crippen LogP contribution in [0.5, 0.6) is 0 Å². The number of benzene rings is 1. The lowest BCUT2D eigenvalue weighted by Crippen LogP contribution is -2.41. The van der Waals surface area contributed by atoms with Gasteiger partial charge in [0.15, 0.2) is 0 Å². The van der Waals surface area contributed by atoms with Gasteiger partial charge in [0.25, 0.3) is 5.56 Å². The average Bonchev–Trinajstić information content (AvgIpc) is 2.43. The smallest absolute Gasteiger partial charge is 0.329 e. The van der Waals surface area contributed by atoms with E-state index in [-0.39, 0.29) is 11.2 Å². The molecule has 98 valence electrons. The van der Waals surface area contributed by atoms with Crippen LogP contribution >= 0.6 is 11.8 Å². The topological polar surface area (TPSA) is 47.2 Å². The second-order valence-corrected chi connectivity index (χ2v) is 5.54. The lowest BCUT2D eigenvalue weighted by Gasteiger charge is -2.30. The molecular weight excluding hydrogens is 262 g/mol. The van der Waals surface area contributed by atoms with Gasteiger partial charge in [-0.05, 0) is 12.1 Å². The summed E-state index contributed by atoms with van der Waals surface area (Å²) in [4.78, 5) is 27.8. The van der Waals surface area contributed by atoms with Crippen molar-refractivity contribution in [2.75, 3.05) is 11.9 Å². The van der Waals surface area contributed by atoms with Crippen LogP contribution in [0.25, 0.3) is 0 Å². The summed E-state index contributed by atoms with van der Waals surface area (Å²) in [7, 11) is 5.06. The van der Waals surface area contributed by atoms with E-state index < -0.39 is 0 Å². The highest BCUT2D eigenvalue weighted by Crippen LogP contribution is 2.44. The number of hydrogen-bond acceptors (Lipinski definition) is 4. The fraction of sp³-hybridized carbons (Fsp3) is 0.231. The maximum Gasteiger partial charge on any atom is 0.332 e. The van der Waals surface area contributed by atoms with Crippen molar-refractivity contribution in [2.45, 2.75) is 9.79 Å². The zero-order valence-electron chi connectivity index (χ0n) is 10.9. The van der Waals surface area contributed by atoms with E-state index in [4.69, 9.17) is 0 Å². The summed E-state index contributed by atoms with van der Waals surface area (Å²) in [5, 5.41) is 0. The quantitative estimate of drug-likeness (QED) is 0.727. The molecule has 19 heavy (non-hydrogen) atoms. The molecule has 1 aliphatic rings. The minimum absolute atomic E-state index is 0.246. The molecular formula is C13H13N3O2S. The van der Waals surface area contributed by atoms with Crippen molar-refractivity contribution in [3.05, 3.63) is 45.1 Å². The van der Waals surface area contributed by atoms with Gasteiger partial charge in [-0.1, -0.05) is 23.9 Å². The van der Waals surface area contributed by atoms with Crippen LogP contribution < -0.4 is 16.1 Å². The zero-order chi connectivity index (χ0) is 13.7. The molecule has 0 bridgehead atoms. The summed E-state index contributed by atoms with van der Waals surface area (Å²) in [5.41, 5.74) is 0.447. The molecule has 0 amide bonds. The molecule has 1 aromatic carbocycles. The van der Waals surface area contributed by atoms with Gasteiger partial charge < -0.3 is 4.90 Å². The SMILES string of the molecule is CN1c2ccccc2Sc2c1n(C)c(=O)n(C)c2=O. The maximum atomic E-state index is 12.2. The lowest BCUT2D eigenvalue weighted by molar-refractivity contribution is 0.658. The molecule has 6 heteroatoms. The zero-order valence-corrected chi connectivity index (χ0v) is 11.7. The highest BCUT2D eigenvalue weighted by Gasteiger charge is 2.26. The van der Waals surface area contributed by atoms with Crippen molar-refractivity contribution in [3.8, 4) is 0 Å². The van der Waals surface area contributed by atoms with Gasteiger partial charge >= 0.3 is 5.69 Å². The third-order valence-electron chi connectivity index (χ3n) is 3.35. The summed E-state index contributed by atoms with van der Waals surface area (Å²) in [6.45, 7) is 0. The van der Waals surface area contributed by atoms with Crippen LogP contribution in [0.3, 0.4) is 0 Å². The first kappa shape index (κ1) is 12.1. The monoisotopic (exact) mass is 275 g/mol. The van der Waals surface area contributed by atoms with Crippen LogP contribution in [-0.4, -0.2) is 16.2 Å². The van der Waals surface area contributed by atoms with E-state index in [1.54, 1.807) is 7.05 Å². The Kier molecular flexibility index (Phi) is 2.56. The fourth-order valence-electron chi connectivity index (χ4n) is 2.31. The minimum atomic E-state index is -0.310. The Bertz CT molecular complexity index is 791. The van der Waals surface area contributed by atoms with Crippen LogP contribution in [-0.2, 0) is 14.1 Å². The summed E-state index contributed by atoms with van der Waals surface area (Å²) in [5.74, 6) is 0.650. The molecule has 1 aliphatic heterocycles. The standard InChI is InChI=1S/C13H13N3O2S/c1-14-8-6-4-5-7-9(8)19-10-11(14)15(2)13(18)16(3)12(10)17/h4-7H,1-3H3. The number of anilines is 2. The molecule has 1 aromatic heterocycles. The molecule has 3 rings (SSSR count). The first-order valence-corrected chi connectivity index (χ1v) is 6.64. The highest BCUT2D eigenvalue weighted by atomic mass is 32.2. The van der Waals surface area contributed by atoms with E-state index in [1.165, 1.54) is 23.4 Å². The van der Waals surface area contributed by atoms with Crippen molar-refractivity contribution in [1.29, 1.82) is 0 Å². The van der Waals surface area contributed by atoms with Gasteiger partial charge in [0, 0.05) is 26.0 Å². The Morgan fingerprint density at radius 1 is 1.00 bits per heavy atom. The van der Waals surface area contributed by atoms with Crippen LogP contribution in [0.15, 0.2) is 43.6 Å². The number of hydrogen-bond donors (Lipinski definition) is 0. The molecule has 0 radical (unpaired) electrons. The van der Waals surface area contributed by atoms with Gasteiger partial charge in [-0.25, -0.2) is 4.79 Å². The normalized spacial score (nSPS) is 13.1. The van der Waals surface area contributed by atoms with Crippen molar-refractivity contribution < 1.29 is 0 Å². The Labute approximate surface area is 114 Å². The van der Waals surface area contributed by atoms with E-state index in [9.17, 15) is 9.59 Å². The molecule has 0 unspecified atom stereocenters. The minimum Gasteiger partial charge on any atom is -0.329 e. The molecule has 0 saturated carbocycles. The van der Waals surface area contributed by atoms with Crippen molar-refractivity contribution in [2.24, 2.45) is 14.1 Å². The molecule has 0 N–H and O–H groups in total. The molecule has 0 saturated heterocycles. The van der Waals surface area contributed by atoms with Crippen LogP contribution in [0.2, 0.25) is 0 Å². The first-order valence-electron chi connectivity index (χ1n) is 5.83. The predicted octanol–water partition coefficient (Wildman–Crippen LogP) is 1.32. The van der Waals surface area contributed by atoms with Crippen molar-refractivity contribution in [1.82, 2.24) is 9.13 Å². The third kappa shape index (κ3) is 1.56. The molecule has 0 spiro atoms. The summed E-state index contributed by atoms with van der Waals surface area (Å²) >= 11 is 1.42. The summed E-state index contributed by atoms with van der Waals surface area (Å²) in [6.07, 6.45) is 0. The predicted molar refractivity (Wildman–Crippen MR) is 75.6 cm³/mol. The molecule has 0 atom stereocenters. The second-order valence-electron chi connectivity index (χ2n) is 4.49. The van der Waals surface area contributed by atoms with E-state index in [0.29, 0.717) is 10.7 Å². The van der Waals surface area contributed by atoms with Crippen LogP contribution in [0.1, 0.15) is 0 Å². The number of rotatable bonds is 0. The molecule has 2 heterocycles. The maximum absolute atomic E-state index is 12.2. The second kappa shape index (κ2) is 4.03. The molecule has 0 fully saturated rings. The fourth-order valence-corrected chi connectivity index (χ4v) is 3.58. The Hall–Kier alpha value is -1.95. The Morgan fingerprint density at radius 2 is 1.68 bits per heavy atom. The van der Waals surface area contributed by atoms with Gasteiger partial charge in [0.1, 0.15) is 10.7 Å². The van der Waals surface area contributed by atoms with Crippen LogP contribution in [0, 0.1) is 0 Å². The van der Waals surface area contributed by atoms with E-state index >= 15 is 0 Å². The third-order valence-corrected chi connectivity index (χ3v) is 4.48. The van der Waals surface area contributed by atoms with Gasteiger partial charge in [-0.15, -0.1) is 0 Å². The lowest BCUT2D eigenvalue weighted by atomic mass is 10.3. The largest absolute Gasteiger partial charge is 0.332 e. The number of aromatic nitrogens is 2. The number of para-hydroxylation sites is 1. The first-order chi connectivity index (χ1) is 9.02. The molecule has 0 aliphatic carbocycles. The van der Waals surface area contributed by atoms with E-state index in [0.717, 1.165) is 15.1 Å². The number of fused-ring (bicyclic) bond motifs is 2. The van der Waals surface area contributed by atoms with E-state index in [1.807, 2.05) is 36.2 Å². The summed E-state index contributed by atoms with van der Waals surface area (Å²) in [6, 6.07) is 7.84. The van der Waals surface area contributed by atoms with Gasteiger partial charge in [-0.2, -0.15) is 0 Å². The van der Waals surface area contributed by atoms with Gasteiger partial charge in [0.2, 0.25) is 0 Å². The van der Waals surface area contributed by atoms with Crippen LogP contribution in [0.4, 0.5) is 11.5 Å². The molecule has 2 aromatic rings. The Balaban J connectivity index is 2.39. The van der Waals surface area contributed by atoms with Gasteiger partial charge in [-0.3, -0.25) is 13.9 Å². The van der Waals surface area contributed by atoms with Crippen molar-refractivity contribution >= 4 is 23.3 Å². The van der Waals surface area contributed by atoms with E-state index in [2.05, 4.69) is 0 Å². The number of nitrogens with zero attached hydrogens (tertiary/aromatic N) is 3. The highest BCUT2D eigenvalue weighted by molar-refractivity contribution is 7.99. The van der Waals surface area contributed by atoms with Crippen molar-refractivity contribution in [3.63, 3.8) is 0 Å². The average molecular weight is 275 g/mol. The molecule has 5 nitrogen and oxygen atoms in total.